The third-order valence-electron chi connectivity index (χ3n) is 5.71. The van der Waals surface area contributed by atoms with Crippen LogP contribution in [0.3, 0.4) is 0 Å². The number of halogens is 1. The summed E-state index contributed by atoms with van der Waals surface area (Å²) in [6.45, 7) is 7.78. The maximum Gasteiger partial charge on any atom is 0.267 e. The molecule has 0 aliphatic carbocycles. The molecule has 0 unspecified atom stereocenters. The summed E-state index contributed by atoms with van der Waals surface area (Å²) in [5.41, 5.74) is 10.4. The Morgan fingerprint density at radius 3 is 2.65 bits per heavy atom. The number of aryl methyl sites for hydroxylation is 2. The summed E-state index contributed by atoms with van der Waals surface area (Å²) in [4.78, 5) is 39.7. The normalized spacial score (nSPS) is 14.9. The number of amides is 1. The quantitative estimate of drug-likeness (QED) is 0.589. The second-order valence-corrected chi connectivity index (χ2v) is 8.20. The average Bonchev–Trinajstić information content (AvgIpc) is 2.75. The molecule has 9 heteroatoms. The molecule has 0 aromatic carbocycles. The molecular weight excluding hydrogens is 416 g/mol. The van der Waals surface area contributed by atoms with Crippen LogP contribution < -0.4 is 16.2 Å². The highest BCUT2D eigenvalue weighted by Gasteiger charge is 2.22. The van der Waals surface area contributed by atoms with E-state index in [0.29, 0.717) is 11.6 Å². The van der Waals surface area contributed by atoms with Gasteiger partial charge in [0.1, 0.15) is 5.69 Å². The fourth-order valence-electron chi connectivity index (χ4n) is 3.97. The first kappa shape index (κ1) is 21.3. The molecule has 8 nitrogen and oxygen atoms in total. The Morgan fingerprint density at radius 2 is 1.97 bits per heavy atom. The van der Waals surface area contributed by atoms with Crippen LogP contribution in [-0.4, -0.2) is 51.9 Å². The SMILES string of the molecule is CCc1cc2ncc(CN3CCN(c4cc(C)c(C(N)=O)nc4Cl)CC3)cc2[nH]c1=O. The number of H-pyrrole nitrogens is 1. The van der Waals surface area contributed by atoms with Crippen LogP contribution in [0.1, 0.15) is 34.1 Å². The molecule has 1 fully saturated rings. The fraction of sp³-hybridized carbons (Fsp3) is 0.364. The fourth-order valence-corrected chi connectivity index (χ4v) is 4.23. The van der Waals surface area contributed by atoms with Crippen LogP contribution in [0.15, 0.2) is 29.2 Å². The van der Waals surface area contributed by atoms with E-state index in [1.165, 1.54) is 0 Å². The molecule has 1 amide bonds. The summed E-state index contributed by atoms with van der Waals surface area (Å²) in [7, 11) is 0. The lowest BCUT2D eigenvalue weighted by Gasteiger charge is -2.36. The van der Waals surface area contributed by atoms with E-state index in [1.807, 2.05) is 38.2 Å². The monoisotopic (exact) mass is 440 g/mol. The summed E-state index contributed by atoms with van der Waals surface area (Å²) in [5.74, 6) is -0.577. The first-order valence-corrected chi connectivity index (χ1v) is 10.7. The molecule has 0 radical (unpaired) electrons. The van der Waals surface area contributed by atoms with Crippen LogP contribution >= 0.6 is 11.6 Å². The van der Waals surface area contributed by atoms with Gasteiger partial charge in [0.05, 0.1) is 16.7 Å². The molecule has 1 saturated heterocycles. The molecule has 0 spiro atoms. The van der Waals surface area contributed by atoms with E-state index in [9.17, 15) is 9.59 Å². The maximum absolute atomic E-state index is 12.1. The third-order valence-corrected chi connectivity index (χ3v) is 5.99. The topological polar surface area (TPSA) is 108 Å². The number of nitrogens with one attached hydrogen (secondary N) is 1. The standard InChI is InChI=1S/C22H25ClN6O2/c1-3-15-10-16-17(26-22(15)31)9-14(11-25-16)12-28-4-6-29(7-5-28)18-8-13(2)19(21(24)30)27-20(18)23/h8-11H,3-7,12H2,1-2H3,(H2,24,30)(H,26,31). The number of hydrogen-bond donors (Lipinski definition) is 2. The van der Waals surface area contributed by atoms with Gasteiger partial charge in [-0.15, -0.1) is 0 Å². The molecule has 3 aromatic heterocycles. The van der Waals surface area contributed by atoms with Gasteiger partial charge in [0.2, 0.25) is 0 Å². The van der Waals surface area contributed by atoms with Crippen LogP contribution in [0.4, 0.5) is 5.69 Å². The summed E-state index contributed by atoms with van der Waals surface area (Å²) in [5, 5.41) is 0.294. The minimum atomic E-state index is -0.577. The summed E-state index contributed by atoms with van der Waals surface area (Å²) >= 11 is 6.32. The summed E-state index contributed by atoms with van der Waals surface area (Å²) in [6.07, 6.45) is 2.56. The smallest absolute Gasteiger partial charge is 0.267 e. The van der Waals surface area contributed by atoms with Gasteiger partial charge in [-0.05, 0) is 42.7 Å². The number of nitrogens with two attached hydrogens (primary N) is 1. The number of hydrogen-bond acceptors (Lipinski definition) is 6. The molecule has 3 N–H and O–H groups in total. The van der Waals surface area contributed by atoms with Crippen LogP contribution in [0.2, 0.25) is 5.15 Å². The number of piperazine rings is 1. The molecule has 1 aliphatic heterocycles. The van der Waals surface area contributed by atoms with E-state index in [-0.39, 0.29) is 11.3 Å². The molecule has 4 heterocycles. The van der Waals surface area contributed by atoms with Gasteiger partial charge in [-0.3, -0.25) is 19.5 Å². The van der Waals surface area contributed by atoms with Crippen molar-refractivity contribution in [2.75, 3.05) is 31.1 Å². The van der Waals surface area contributed by atoms with Crippen LogP contribution in [0, 0.1) is 6.92 Å². The van der Waals surface area contributed by atoms with Crippen LogP contribution in [0.5, 0.6) is 0 Å². The molecule has 0 saturated carbocycles. The van der Waals surface area contributed by atoms with Gasteiger partial charge in [0.15, 0.2) is 5.15 Å². The molecule has 1 aliphatic rings. The molecule has 0 bridgehead atoms. The van der Waals surface area contributed by atoms with E-state index >= 15 is 0 Å². The van der Waals surface area contributed by atoms with Gasteiger partial charge in [-0.2, -0.15) is 0 Å². The number of carbonyl (C=O) groups is 1. The average molecular weight is 441 g/mol. The van der Waals surface area contributed by atoms with Crippen molar-refractivity contribution in [2.45, 2.75) is 26.8 Å². The molecule has 3 aromatic rings. The number of aromatic nitrogens is 3. The van der Waals surface area contributed by atoms with Gasteiger partial charge >= 0.3 is 0 Å². The number of carbonyl (C=O) groups excluding carboxylic acids is 1. The Morgan fingerprint density at radius 1 is 1.23 bits per heavy atom. The zero-order chi connectivity index (χ0) is 22.1. The Hall–Kier alpha value is -2.97. The van der Waals surface area contributed by atoms with E-state index < -0.39 is 5.91 Å². The highest BCUT2D eigenvalue weighted by Crippen LogP contribution is 2.27. The number of nitrogens with zero attached hydrogens (tertiary/aromatic N) is 4. The zero-order valence-electron chi connectivity index (χ0n) is 17.6. The lowest BCUT2D eigenvalue weighted by molar-refractivity contribution is 0.0995. The number of rotatable bonds is 5. The van der Waals surface area contributed by atoms with Crippen molar-refractivity contribution in [2.24, 2.45) is 5.73 Å². The summed E-state index contributed by atoms with van der Waals surface area (Å²) in [6, 6.07) is 5.74. The molecule has 0 atom stereocenters. The minimum Gasteiger partial charge on any atom is -0.366 e. The van der Waals surface area contributed by atoms with Crippen molar-refractivity contribution in [1.29, 1.82) is 0 Å². The summed E-state index contributed by atoms with van der Waals surface area (Å²) < 4.78 is 0. The highest BCUT2D eigenvalue weighted by molar-refractivity contribution is 6.32. The van der Waals surface area contributed by atoms with Gasteiger partial charge in [0.25, 0.3) is 11.5 Å². The Kier molecular flexibility index (Phi) is 5.93. The Balaban J connectivity index is 1.44. The maximum atomic E-state index is 12.1. The van der Waals surface area contributed by atoms with Crippen molar-refractivity contribution < 1.29 is 4.79 Å². The lowest BCUT2D eigenvalue weighted by atomic mass is 10.1. The number of anilines is 1. The molecule has 4 rings (SSSR count). The second kappa shape index (κ2) is 8.64. The number of aromatic amines is 1. The van der Waals surface area contributed by atoms with Crippen molar-refractivity contribution in [3.05, 3.63) is 62.3 Å². The second-order valence-electron chi connectivity index (χ2n) is 7.84. The van der Waals surface area contributed by atoms with Crippen molar-refractivity contribution >= 4 is 34.2 Å². The zero-order valence-corrected chi connectivity index (χ0v) is 18.4. The highest BCUT2D eigenvalue weighted by atomic mass is 35.5. The number of fused-ring (bicyclic) bond motifs is 1. The first-order valence-electron chi connectivity index (χ1n) is 10.3. The molecular formula is C22H25ClN6O2. The van der Waals surface area contributed by atoms with Crippen LogP contribution in [0.25, 0.3) is 11.0 Å². The van der Waals surface area contributed by atoms with E-state index in [1.54, 1.807) is 0 Å². The number of pyridine rings is 3. The van der Waals surface area contributed by atoms with Crippen molar-refractivity contribution in [3.8, 4) is 0 Å². The van der Waals surface area contributed by atoms with Gasteiger partial charge in [-0.25, -0.2) is 4.98 Å². The predicted octanol–water partition coefficient (Wildman–Crippen LogP) is 2.26. The lowest BCUT2D eigenvalue weighted by Crippen LogP contribution is -2.46. The van der Waals surface area contributed by atoms with Gasteiger partial charge < -0.3 is 15.6 Å². The van der Waals surface area contributed by atoms with Crippen molar-refractivity contribution in [1.82, 2.24) is 19.9 Å². The predicted molar refractivity (Wildman–Crippen MR) is 122 cm³/mol. The first-order chi connectivity index (χ1) is 14.9. The molecule has 162 valence electrons. The third kappa shape index (κ3) is 4.40. The Labute approximate surface area is 185 Å². The number of primary amides is 1. The minimum absolute atomic E-state index is 0.0503. The largest absolute Gasteiger partial charge is 0.366 e. The Bertz CT molecular complexity index is 1200. The van der Waals surface area contributed by atoms with E-state index in [4.69, 9.17) is 17.3 Å². The van der Waals surface area contributed by atoms with Crippen LogP contribution in [-0.2, 0) is 13.0 Å². The van der Waals surface area contributed by atoms with Gasteiger partial charge in [-0.1, -0.05) is 18.5 Å². The van der Waals surface area contributed by atoms with Crippen molar-refractivity contribution in [3.63, 3.8) is 0 Å². The van der Waals surface area contributed by atoms with E-state index in [2.05, 4.69) is 24.8 Å². The molecule has 31 heavy (non-hydrogen) atoms. The van der Waals surface area contributed by atoms with Gasteiger partial charge in [0, 0.05) is 44.5 Å². The van der Waals surface area contributed by atoms with E-state index in [0.717, 1.165) is 66.1 Å².